The monoisotopic (exact) mass is 345 g/mol. The maximum absolute atomic E-state index is 13.5. The summed E-state index contributed by atoms with van der Waals surface area (Å²) in [5.74, 6) is -0.300. The van der Waals surface area contributed by atoms with Crippen LogP contribution in [0, 0.1) is 5.82 Å². The SMILES string of the molecule is Oc1c(F)cccc1-c1ccc(OCc2ccc3ccccc3n2)cc1. The van der Waals surface area contributed by atoms with Crippen LogP contribution in [0.4, 0.5) is 4.39 Å². The maximum Gasteiger partial charge on any atom is 0.165 e. The molecule has 0 saturated heterocycles. The third kappa shape index (κ3) is 3.22. The fourth-order valence-corrected chi connectivity index (χ4v) is 2.82. The molecule has 0 unspecified atom stereocenters. The predicted octanol–water partition coefficient (Wildman–Crippen LogP) is 5.33. The van der Waals surface area contributed by atoms with Crippen LogP contribution in [0.1, 0.15) is 5.69 Å². The second kappa shape index (κ2) is 6.84. The molecule has 0 bridgehead atoms. The summed E-state index contributed by atoms with van der Waals surface area (Å²) in [4.78, 5) is 4.58. The summed E-state index contributed by atoms with van der Waals surface area (Å²) in [6.07, 6.45) is 0. The zero-order chi connectivity index (χ0) is 17.9. The van der Waals surface area contributed by atoms with Gasteiger partial charge in [-0.3, -0.25) is 0 Å². The Balaban J connectivity index is 1.49. The number of benzene rings is 3. The Morgan fingerprint density at radius 1 is 0.846 bits per heavy atom. The van der Waals surface area contributed by atoms with Crippen LogP contribution >= 0.6 is 0 Å². The standard InChI is InChI=1S/C22H16FNO2/c23-20-6-3-5-19(22(20)25)15-9-12-18(13-10-15)26-14-17-11-8-16-4-1-2-7-21(16)24-17/h1-13,25H,14H2. The molecule has 3 aromatic carbocycles. The minimum Gasteiger partial charge on any atom is -0.504 e. The van der Waals surface area contributed by atoms with Crippen molar-refractivity contribution >= 4 is 10.9 Å². The molecular weight excluding hydrogens is 329 g/mol. The van der Waals surface area contributed by atoms with Crippen LogP contribution in [-0.2, 0) is 6.61 Å². The Morgan fingerprint density at radius 2 is 1.65 bits per heavy atom. The molecule has 0 aliphatic carbocycles. The number of hydrogen-bond donors (Lipinski definition) is 1. The molecule has 0 aliphatic heterocycles. The smallest absolute Gasteiger partial charge is 0.165 e. The first-order chi connectivity index (χ1) is 12.7. The van der Waals surface area contributed by atoms with Gasteiger partial charge in [0.05, 0.1) is 11.2 Å². The van der Waals surface area contributed by atoms with Gasteiger partial charge < -0.3 is 9.84 Å². The van der Waals surface area contributed by atoms with Crippen molar-refractivity contribution in [1.82, 2.24) is 4.98 Å². The van der Waals surface area contributed by atoms with E-state index in [1.807, 2.05) is 36.4 Å². The van der Waals surface area contributed by atoms with E-state index in [-0.39, 0.29) is 5.75 Å². The Kier molecular flexibility index (Phi) is 4.23. The highest BCUT2D eigenvalue weighted by atomic mass is 19.1. The molecule has 0 atom stereocenters. The van der Waals surface area contributed by atoms with Crippen molar-refractivity contribution in [2.45, 2.75) is 6.61 Å². The fourth-order valence-electron chi connectivity index (χ4n) is 2.82. The normalized spacial score (nSPS) is 10.8. The lowest BCUT2D eigenvalue weighted by Crippen LogP contribution is -1.98. The molecule has 0 radical (unpaired) electrons. The number of phenolic OH excluding ortho intramolecular Hbond substituents is 1. The molecule has 4 rings (SSSR count). The minimum atomic E-state index is -0.634. The number of fused-ring (bicyclic) bond motifs is 1. The first-order valence-corrected chi connectivity index (χ1v) is 8.26. The van der Waals surface area contributed by atoms with Crippen LogP contribution < -0.4 is 4.74 Å². The van der Waals surface area contributed by atoms with Gasteiger partial charge in [-0.25, -0.2) is 9.37 Å². The molecule has 0 fully saturated rings. The van der Waals surface area contributed by atoms with Crippen molar-refractivity contribution in [2.75, 3.05) is 0 Å². The van der Waals surface area contributed by atoms with E-state index in [1.165, 1.54) is 6.07 Å². The highest BCUT2D eigenvalue weighted by Crippen LogP contribution is 2.32. The zero-order valence-electron chi connectivity index (χ0n) is 13.9. The van der Waals surface area contributed by atoms with Gasteiger partial charge in [-0.1, -0.05) is 48.5 Å². The molecule has 0 spiro atoms. The lowest BCUT2D eigenvalue weighted by atomic mass is 10.0. The van der Waals surface area contributed by atoms with Gasteiger partial charge in [-0.15, -0.1) is 0 Å². The lowest BCUT2D eigenvalue weighted by Gasteiger charge is -2.09. The maximum atomic E-state index is 13.5. The van der Waals surface area contributed by atoms with E-state index in [4.69, 9.17) is 4.74 Å². The molecule has 1 aromatic heterocycles. The molecule has 26 heavy (non-hydrogen) atoms. The van der Waals surface area contributed by atoms with E-state index in [0.717, 1.165) is 22.2 Å². The summed E-state index contributed by atoms with van der Waals surface area (Å²) >= 11 is 0. The molecular formula is C22H16FNO2. The number of phenols is 1. The molecule has 1 heterocycles. The van der Waals surface area contributed by atoms with Crippen molar-refractivity contribution < 1.29 is 14.2 Å². The number of rotatable bonds is 4. The molecule has 4 heteroatoms. The van der Waals surface area contributed by atoms with Crippen LogP contribution in [0.5, 0.6) is 11.5 Å². The van der Waals surface area contributed by atoms with Crippen molar-refractivity contribution in [3.05, 3.63) is 90.4 Å². The number of para-hydroxylation sites is 2. The molecule has 3 nitrogen and oxygen atoms in total. The molecule has 4 aromatic rings. The lowest BCUT2D eigenvalue weighted by molar-refractivity contribution is 0.302. The predicted molar refractivity (Wildman–Crippen MR) is 99.6 cm³/mol. The van der Waals surface area contributed by atoms with Crippen molar-refractivity contribution in [3.63, 3.8) is 0 Å². The zero-order valence-corrected chi connectivity index (χ0v) is 13.9. The number of nitrogens with zero attached hydrogens (tertiary/aromatic N) is 1. The highest BCUT2D eigenvalue weighted by Gasteiger charge is 2.08. The molecule has 0 saturated carbocycles. The van der Waals surface area contributed by atoms with Gasteiger partial charge in [0.1, 0.15) is 12.4 Å². The van der Waals surface area contributed by atoms with Crippen molar-refractivity contribution in [1.29, 1.82) is 0 Å². The van der Waals surface area contributed by atoms with E-state index in [0.29, 0.717) is 17.9 Å². The average Bonchev–Trinajstić information content (AvgIpc) is 2.69. The summed E-state index contributed by atoms with van der Waals surface area (Å²) in [7, 11) is 0. The van der Waals surface area contributed by atoms with E-state index in [9.17, 15) is 9.50 Å². The quantitative estimate of drug-likeness (QED) is 0.544. The fraction of sp³-hybridized carbons (Fsp3) is 0.0455. The summed E-state index contributed by atoms with van der Waals surface area (Å²) in [5, 5.41) is 10.9. The van der Waals surface area contributed by atoms with Crippen molar-refractivity contribution in [3.8, 4) is 22.6 Å². The number of halogens is 1. The van der Waals surface area contributed by atoms with E-state index in [2.05, 4.69) is 4.98 Å². The Morgan fingerprint density at radius 3 is 2.50 bits per heavy atom. The topological polar surface area (TPSA) is 42.4 Å². The van der Waals surface area contributed by atoms with Gasteiger partial charge in [0.15, 0.2) is 11.6 Å². The largest absolute Gasteiger partial charge is 0.504 e. The van der Waals surface area contributed by atoms with Gasteiger partial charge in [-0.2, -0.15) is 0 Å². The Labute approximate surface area is 150 Å². The van der Waals surface area contributed by atoms with E-state index >= 15 is 0 Å². The van der Waals surface area contributed by atoms with Crippen LogP contribution in [0.15, 0.2) is 78.9 Å². The molecule has 1 N–H and O–H groups in total. The van der Waals surface area contributed by atoms with Crippen molar-refractivity contribution in [2.24, 2.45) is 0 Å². The first kappa shape index (κ1) is 16.1. The van der Waals surface area contributed by atoms with Crippen LogP contribution in [-0.4, -0.2) is 10.1 Å². The van der Waals surface area contributed by atoms with Gasteiger partial charge in [0.2, 0.25) is 0 Å². The third-order valence-electron chi connectivity index (χ3n) is 4.19. The van der Waals surface area contributed by atoms with Crippen LogP contribution in [0.3, 0.4) is 0 Å². The molecule has 0 amide bonds. The van der Waals surface area contributed by atoms with Gasteiger partial charge in [0.25, 0.3) is 0 Å². The second-order valence-corrected chi connectivity index (χ2v) is 5.94. The molecule has 0 aliphatic rings. The van der Waals surface area contributed by atoms with Crippen LogP contribution in [0.2, 0.25) is 0 Å². The number of pyridine rings is 1. The van der Waals surface area contributed by atoms with Gasteiger partial charge >= 0.3 is 0 Å². The van der Waals surface area contributed by atoms with E-state index in [1.54, 1.807) is 36.4 Å². The Hall–Kier alpha value is -3.40. The van der Waals surface area contributed by atoms with Gasteiger partial charge in [-0.05, 0) is 35.9 Å². The average molecular weight is 345 g/mol. The first-order valence-electron chi connectivity index (χ1n) is 8.26. The summed E-state index contributed by atoms with van der Waals surface area (Å²) in [6, 6.07) is 23.5. The third-order valence-corrected chi connectivity index (χ3v) is 4.19. The number of ether oxygens (including phenoxy) is 1. The second-order valence-electron chi connectivity index (χ2n) is 5.94. The summed E-state index contributed by atoms with van der Waals surface area (Å²) < 4.78 is 19.3. The van der Waals surface area contributed by atoms with Gasteiger partial charge in [0, 0.05) is 10.9 Å². The summed E-state index contributed by atoms with van der Waals surface area (Å²) in [5.41, 5.74) is 2.95. The number of aromatic hydroxyl groups is 1. The number of hydrogen-bond acceptors (Lipinski definition) is 3. The van der Waals surface area contributed by atoms with Crippen LogP contribution in [0.25, 0.3) is 22.0 Å². The van der Waals surface area contributed by atoms with E-state index < -0.39 is 5.82 Å². The molecule has 128 valence electrons. The summed E-state index contributed by atoms with van der Waals surface area (Å²) in [6.45, 7) is 0.357. The Bertz CT molecular complexity index is 1060. The number of aromatic nitrogens is 1. The highest BCUT2D eigenvalue weighted by molar-refractivity contribution is 5.78. The minimum absolute atomic E-state index is 0.346.